The number of fused-ring (bicyclic) bond motifs is 1. The van der Waals surface area contributed by atoms with Crippen LogP contribution in [0, 0.1) is 0 Å². The molecule has 0 amide bonds. The standard InChI is InChI=1S/C16H21NO2/c18-16(6-7-17-8-10-19-11-9-17)15-5-4-13-2-1-3-14(13)12-15/h4-5,12H,1-3,6-11H2. The second-order valence-electron chi connectivity index (χ2n) is 5.46. The number of rotatable bonds is 4. The van der Waals surface area contributed by atoms with E-state index in [0.29, 0.717) is 6.42 Å². The number of ether oxygens (including phenoxy) is 1. The Morgan fingerprint density at radius 2 is 1.95 bits per heavy atom. The van der Waals surface area contributed by atoms with Crippen molar-refractivity contribution >= 4 is 5.78 Å². The number of carbonyl (C=O) groups excluding carboxylic acids is 1. The Kier molecular flexibility index (Phi) is 3.95. The van der Waals surface area contributed by atoms with Gasteiger partial charge in [0.2, 0.25) is 0 Å². The van der Waals surface area contributed by atoms with Crippen molar-refractivity contribution in [2.75, 3.05) is 32.8 Å². The predicted octanol–water partition coefficient (Wildman–Crippen LogP) is 2.08. The number of hydrogen-bond acceptors (Lipinski definition) is 3. The van der Waals surface area contributed by atoms with Crippen LogP contribution in [0.4, 0.5) is 0 Å². The zero-order valence-corrected chi connectivity index (χ0v) is 11.4. The third-order valence-corrected chi connectivity index (χ3v) is 4.18. The summed E-state index contributed by atoms with van der Waals surface area (Å²) < 4.78 is 5.31. The summed E-state index contributed by atoms with van der Waals surface area (Å²) in [7, 11) is 0. The van der Waals surface area contributed by atoms with Gasteiger partial charge in [-0.15, -0.1) is 0 Å². The van der Waals surface area contributed by atoms with Crippen molar-refractivity contribution in [3.05, 3.63) is 34.9 Å². The first-order valence-corrected chi connectivity index (χ1v) is 7.28. The fraction of sp³-hybridized carbons (Fsp3) is 0.562. The number of benzene rings is 1. The van der Waals surface area contributed by atoms with Gasteiger partial charge in [-0.1, -0.05) is 12.1 Å². The van der Waals surface area contributed by atoms with Gasteiger partial charge in [-0.2, -0.15) is 0 Å². The largest absolute Gasteiger partial charge is 0.379 e. The predicted molar refractivity (Wildman–Crippen MR) is 74.7 cm³/mol. The lowest BCUT2D eigenvalue weighted by Crippen LogP contribution is -2.37. The summed E-state index contributed by atoms with van der Waals surface area (Å²) in [6.45, 7) is 4.37. The van der Waals surface area contributed by atoms with Gasteiger partial charge in [0.1, 0.15) is 0 Å². The fourth-order valence-electron chi connectivity index (χ4n) is 2.97. The third-order valence-electron chi connectivity index (χ3n) is 4.18. The minimum atomic E-state index is 0.279. The molecule has 0 atom stereocenters. The number of nitrogens with zero attached hydrogens (tertiary/aromatic N) is 1. The molecule has 1 fully saturated rings. The first-order valence-electron chi connectivity index (χ1n) is 7.28. The van der Waals surface area contributed by atoms with Crippen LogP contribution in [0.25, 0.3) is 0 Å². The Morgan fingerprint density at radius 1 is 1.16 bits per heavy atom. The molecule has 2 aliphatic rings. The molecular formula is C16H21NO2. The molecule has 19 heavy (non-hydrogen) atoms. The van der Waals surface area contributed by atoms with Crippen LogP contribution in [-0.2, 0) is 17.6 Å². The Hall–Kier alpha value is -1.19. The van der Waals surface area contributed by atoms with Crippen molar-refractivity contribution < 1.29 is 9.53 Å². The van der Waals surface area contributed by atoms with Gasteiger partial charge in [-0.3, -0.25) is 9.69 Å². The van der Waals surface area contributed by atoms with Gasteiger partial charge in [0.15, 0.2) is 5.78 Å². The lowest BCUT2D eigenvalue weighted by Gasteiger charge is -2.26. The van der Waals surface area contributed by atoms with E-state index in [1.165, 1.54) is 24.0 Å². The van der Waals surface area contributed by atoms with Gasteiger partial charge in [-0.05, 0) is 36.5 Å². The van der Waals surface area contributed by atoms with Crippen molar-refractivity contribution in [3.63, 3.8) is 0 Å². The highest BCUT2D eigenvalue weighted by atomic mass is 16.5. The number of aryl methyl sites for hydroxylation is 2. The zero-order chi connectivity index (χ0) is 13.1. The van der Waals surface area contributed by atoms with Crippen LogP contribution in [-0.4, -0.2) is 43.5 Å². The third kappa shape index (κ3) is 3.04. The molecule has 1 aromatic carbocycles. The van der Waals surface area contributed by atoms with E-state index in [1.807, 2.05) is 6.07 Å². The van der Waals surface area contributed by atoms with Crippen molar-refractivity contribution in [1.82, 2.24) is 4.90 Å². The van der Waals surface area contributed by atoms with E-state index in [4.69, 9.17) is 4.74 Å². The molecule has 1 aliphatic carbocycles. The average Bonchev–Trinajstić information content (AvgIpc) is 2.93. The molecular weight excluding hydrogens is 238 g/mol. The summed E-state index contributed by atoms with van der Waals surface area (Å²) in [4.78, 5) is 14.5. The molecule has 0 N–H and O–H groups in total. The summed E-state index contributed by atoms with van der Waals surface area (Å²) in [5.41, 5.74) is 3.72. The highest BCUT2D eigenvalue weighted by Gasteiger charge is 2.16. The monoisotopic (exact) mass is 259 g/mol. The lowest BCUT2D eigenvalue weighted by molar-refractivity contribution is 0.0370. The van der Waals surface area contributed by atoms with Crippen LogP contribution in [0.1, 0.15) is 34.3 Å². The van der Waals surface area contributed by atoms with Crippen LogP contribution < -0.4 is 0 Å². The number of morpholine rings is 1. The van der Waals surface area contributed by atoms with E-state index in [1.54, 1.807) is 0 Å². The molecule has 0 unspecified atom stereocenters. The van der Waals surface area contributed by atoms with Gasteiger partial charge >= 0.3 is 0 Å². The van der Waals surface area contributed by atoms with Crippen molar-refractivity contribution in [2.45, 2.75) is 25.7 Å². The molecule has 3 rings (SSSR count). The maximum absolute atomic E-state index is 12.2. The molecule has 0 aromatic heterocycles. The fourth-order valence-corrected chi connectivity index (χ4v) is 2.97. The van der Waals surface area contributed by atoms with Crippen LogP contribution in [0.5, 0.6) is 0 Å². The minimum absolute atomic E-state index is 0.279. The van der Waals surface area contributed by atoms with Crippen LogP contribution in [0.2, 0.25) is 0 Å². The van der Waals surface area contributed by atoms with Crippen molar-refractivity contribution in [3.8, 4) is 0 Å². The smallest absolute Gasteiger partial charge is 0.164 e. The van der Waals surface area contributed by atoms with Crippen LogP contribution in [0.15, 0.2) is 18.2 Å². The molecule has 3 nitrogen and oxygen atoms in total. The quantitative estimate of drug-likeness (QED) is 0.775. The molecule has 1 aromatic rings. The van der Waals surface area contributed by atoms with Gasteiger partial charge in [0.25, 0.3) is 0 Å². The van der Waals surface area contributed by atoms with Gasteiger partial charge in [0, 0.05) is 31.6 Å². The molecule has 1 heterocycles. The minimum Gasteiger partial charge on any atom is -0.379 e. The van der Waals surface area contributed by atoms with Crippen molar-refractivity contribution in [2.24, 2.45) is 0 Å². The second-order valence-corrected chi connectivity index (χ2v) is 5.46. The maximum atomic E-state index is 12.2. The molecule has 102 valence electrons. The lowest BCUT2D eigenvalue weighted by atomic mass is 10.0. The second kappa shape index (κ2) is 5.85. The maximum Gasteiger partial charge on any atom is 0.164 e. The van der Waals surface area contributed by atoms with E-state index in [2.05, 4.69) is 17.0 Å². The van der Waals surface area contributed by atoms with E-state index in [9.17, 15) is 4.79 Å². The van der Waals surface area contributed by atoms with Gasteiger partial charge in [-0.25, -0.2) is 0 Å². The Balaban J connectivity index is 1.57. The number of hydrogen-bond donors (Lipinski definition) is 0. The summed E-state index contributed by atoms with van der Waals surface area (Å²) in [5.74, 6) is 0.279. The van der Waals surface area contributed by atoms with Crippen LogP contribution >= 0.6 is 0 Å². The highest BCUT2D eigenvalue weighted by Crippen LogP contribution is 2.23. The van der Waals surface area contributed by atoms with Gasteiger partial charge < -0.3 is 4.74 Å². The number of carbonyl (C=O) groups is 1. The van der Waals surface area contributed by atoms with E-state index in [0.717, 1.165) is 44.8 Å². The first kappa shape index (κ1) is 12.8. The molecule has 0 spiro atoms. The molecule has 1 saturated heterocycles. The Bertz CT molecular complexity index is 464. The zero-order valence-electron chi connectivity index (χ0n) is 11.4. The summed E-state index contributed by atoms with van der Waals surface area (Å²) in [6.07, 6.45) is 4.18. The number of Topliss-reactive ketones (excluding diaryl/α,β-unsaturated/α-hetero) is 1. The molecule has 0 saturated carbocycles. The molecule has 0 bridgehead atoms. The number of ketones is 1. The van der Waals surface area contributed by atoms with Gasteiger partial charge in [0.05, 0.1) is 13.2 Å². The summed E-state index contributed by atoms with van der Waals surface area (Å²) in [6, 6.07) is 6.26. The average molecular weight is 259 g/mol. The van der Waals surface area contributed by atoms with E-state index in [-0.39, 0.29) is 5.78 Å². The van der Waals surface area contributed by atoms with Crippen molar-refractivity contribution in [1.29, 1.82) is 0 Å². The summed E-state index contributed by atoms with van der Waals surface area (Å²) >= 11 is 0. The van der Waals surface area contributed by atoms with Crippen LogP contribution in [0.3, 0.4) is 0 Å². The topological polar surface area (TPSA) is 29.5 Å². The van der Waals surface area contributed by atoms with E-state index < -0.39 is 0 Å². The molecule has 0 radical (unpaired) electrons. The molecule has 3 heteroatoms. The molecule has 1 aliphatic heterocycles. The highest BCUT2D eigenvalue weighted by molar-refractivity contribution is 5.96. The first-order chi connectivity index (χ1) is 9.33. The van der Waals surface area contributed by atoms with E-state index >= 15 is 0 Å². The SMILES string of the molecule is O=C(CCN1CCOCC1)c1ccc2c(c1)CCC2. The Labute approximate surface area is 114 Å². The normalized spacial score (nSPS) is 19.4. The Morgan fingerprint density at radius 3 is 2.79 bits per heavy atom. The summed E-state index contributed by atoms with van der Waals surface area (Å²) in [5, 5.41) is 0.